The zero-order valence-corrected chi connectivity index (χ0v) is 16.9. The molecule has 0 radical (unpaired) electrons. The van der Waals surface area contributed by atoms with E-state index in [1.54, 1.807) is 60.3 Å². The molecule has 0 aliphatic rings. The number of nitrogens with zero attached hydrogens (tertiary/aromatic N) is 2. The van der Waals surface area contributed by atoms with Crippen LogP contribution in [0.2, 0.25) is 0 Å². The van der Waals surface area contributed by atoms with E-state index >= 15 is 0 Å². The molecule has 0 aliphatic heterocycles. The Balaban J connectivity index is 1.74. The highest BCUT2D eigenvalue weighted by Gasteiger charge is 2.18. The first-order valence-electron chi connectivity index (χ1n) is 9.69. The molecule has 8 heteroatoms. The molecule has 2 aromatic carbocycles. The van der Waals surface area contributed by atoms with E-state index in [9.17, 15) is 18.4 Å². The number of aromatic amines is 1. The number of amides is 1. The first-order chi connectivity index (χ1) is 14.9. The molecular formula is C23H20F2N4O2. The number of fused-ring (bicyclic) bond motifs is 1. The number of carbonyl (C=O) groups is 1. The fourth-order valence-corrected chi connectivity index (χ4v) is 3.67. The van der Waals surface area contributed by atoms with Gasteiger partial charge in [-0.2, -0.15) is 5.10 Å². The molecule has 158 valence electrons. The van der Waals surface area contributed by atoms with Gasteiger partial charge in [0.15, 0.2) is 0 Å². The standard InChI is InChI=1S/C23H20F2N4O2/c1-13(14-4-3-5-17(10-14)22(30)26-2)29-9-8-16-11-15(6-7-18(16)23(29)31)19-12-27-28-20(19)21(24)25/h3-13,21H,1-2H3,(H,26,30)(H,27,28). The third kappa shape index (κ3) is 3.72. The molecule has 31 heavy (non-hydrogen) atoms. The van der Waals surface area contributed by atoms with Crippen LogP contribution >= 0.6 is 0 Å². The maximum absolute atomic E-state index is 13.2. The van der Waals surface area contributed by atoms with Crippen molar-refractivity contribution in [2.45, 2.75) is 19.4 Å². The van der Waals surface area contributed by atoms with E-state index in [1.165, 1.54) is 6.20 Å². The number of carbonyl (C=O) groups excluding carboxylic acids is 1. The summed E-state index contributed by atoms with van der Waals surface area (Å²) >= 11 is 0. The number of aromatic nitrogens is 3. The van der Waals surface area contributed by atoms with Crippen molar-refractivity contribution in [2.24, 2.45) is 0 Å². The number of pyridine rings is 1. The molecule has 1 unspecified atom stereocenters. The minimum absolute atomic E-state index is 0.199. The summed E-state index contributed by atoms with van der Waals surface area (Å²) in [7, 11) is 1.56. The van der Waals surface area contributed by atoms with Crippen molar-refractivity contribution in [1.29, 1.82) is 0 Å². The highest BCUT2D eigenvalue weighted by Crippen LogP contribution is 2.30. The second-order valence-corrected chi connectivity index (χ2v) is 7.21. The fourth-order valence-electron chi connectivity index (χ4n) is 3.67. The maximum atomic E-state index is 13.2. The van der Waals surface area contributed by atoms with Crippen LogP contribution in [0.3, 0.4) is 0 Å². The normalized spacial score (nSPS) is 12.3. The molecule has 2 heterocycles. The topological polar surface area (TPSA) is 79.8 Å². The van der Waals surface area contributed by atoms with Crippen LogP contribution in [0.4, 0.5) is 8.78 Å². The van der Waals surface area contributed by atoms with Crippen molar-refractivity contribution in [1.82, 2.24) is 20.1 Å². The van der Waals surface area contributed by atoms with Crippen LogP contribution in [-0.2, 0) is 0 Å². The van der Waals surface area contributed by atoms with Gasteiger partial charge in [0.05, 0.1) is 12.2 Å². The van der Waals surface area contributed by atoms with Crippen LogP contribution in [0, 0.1) is 0 Å². The monoisotopic (exact) mass is 422 g/mol. The van der Waals surface area contributed by atoms with Crippen LogP contribution in [0.5, 0.6) is 0 Å². The van der Waals surface area contributed by atoms with Crippen molar-refractivity contribution >= 4 is 16.7 Å². The molecular weight excluding hydrogens is 402 g/mol. The first kappa shape index (κ1) is 20.5. The highest BCUT2D eigenvalue weighted by molar-refractivity contribution is 5.94. The molecule has 2 aromatic heterocycles. The lowest BCUT2D eigenvalue weighted by atomic mass is 10.0. The van der Waals surface area contributed by atoms with E-state index in [-0.39, 0.29) is 23.2 Å². The number of benzene rings is 2. The fraction of sp³-hybridized carbons (Fsp3) is 0.174. The summed E-state index contributed by atoms with van der Waals surface area (Å²) in [6.07, 6.45) is 0.355. The van der Waals surface area contributed by atoms with Gasteiger partial charge in [-0.1, -0.05) is 18.2 Å². The first-order valence-corrected chi connectivity index (χ1v) is 9.69. The van der Waals surface area contributed by atoms with Crippen molar-refractivity contribution in [2.75, 3.05) is 7.05 Å². The van der Waals surface area contributed by atoms with E-state index in [0.29, 0.717) is 27.5 Å². The number of nitrogens with one attached hydrogen (secondary N) is 2. The third-order valence-corrected chi connectivity index (χ3v) is 5.40. The molecule has 1 amide bonds. The number of halogens is 2. The lowest BCUT2D eigenvalue weighted by Crippen LogP contribution is -2.24. The van der Waals surface area contributed by atoms with Crippen LogP contribution in [0.1, 0.15) is 41.0 Å². The van der Waals surface area contributed by atoms with Crippen LogP contribution in [0.15, 0.2) is 65.7 Å². The smallest absolute Gasteiger partial charge is 0.280 e. The molecule has 0 saturated carbocycles. The van der Waals surface area contributed by atoms with Gasteiger partial charge in [0.1, 0.15) is 5.69 Å². The molecule has 0 fully saturated rings. The van der Waals surface area contributed by atoms with Gasteiger partial charge in [0, 0.05) is 29.8 Å². The Morgan fingerprint density at radius 1 is 1.16 bits per heavy atom. The van der Waals surface area contributed by atoms with Gasteiger partial charge in [-0.25, -0.2) is 8.78 Å². The summed E-state index contributed by atoms with van der Waals surface area (Å²) in [5.74, 6) is -0.199. The van der Waals surface area contributed by atoms with Crippen LogP contribution in [-0.4, -0.2) is 27.7 Å². The Bertz CT molecular complexity index is 1330. The molecule has 0 bridgehead atoms. The molecule has 0 spiro atoms. The van der Waals surface area contributed by atoms with E-state index in [4.69, 9.17) is 0 Å². The molecule has 4 rings (SSSR count). The number of H-pyrrole nitrogens is 1. The molecule has 2 N–H and O–H groups in total. The zero-order chi connectivity index (χ0) is 22.1. The number of hydrogen-bond donors (Lipinski definition) is 2. The van der Waals surface area contributed by atoms with Gasteiger partial charge in [0.25, 0.3) is 17.9 Å². The Labute approximate surface area is 176 Å². The van der Waals surface area contributed by atoms with Crippen molar-refractivity contribution in [3.05, 3.63) is 88.1 Å². The average Bonchev–Trinajstić information content (AvgIpc) is 3.28. The lowest BCUT2D eigenvalue weighted by molar-refractivity contribution is 0.0963. The lowest BCUT2D eigenvalue weighted by Gasteiger charge is -2.17. The Morgan fingerprint density at radius 2 is 1.97 bits per heavy atom. The minimum Gasteiger partial charge on any atom is -0.355 e. The van der Waals surface area contributed by atoms with Gasteiger partial charge in [-0.05, 0) is 53.8 Å². The summed E-state index contributed by atoms with van der Waals surface area (Å²) in [5.41, 5.74) is 1.74. The molecule has 4 aromatic rings. The minimum atomic E-state index is -2.67. The third-order valence-electron chi connectivity index (χ3n) is 5.40. The van der Waals surface area contributed by atoms with E-state index in [0.717, 1.165) is 5.56 Å². The second kappa shape index (κ2) is 8.14. The predicted octanol–water partition coefficient (Wildman–Crippen LogP) is 4.30. The largest absolute Gasteiger partial charge is 0.355 e. The van der Waals surface area contributed by atoms with E-state index < -0.39 is 6.43 Å². The summed E-state index contributed by atoms with van der Waals surface area (Å²) in [6.45, 7) is 1.88. The molecule has 1 atom stereocenters. The summed E-state index contributed by atoms with van der Waals surface area (Å²) < 4.78 is 27.9. The average molecular weight is 422 g/mol. The van der Waals surface area contributed by atoms with Gasteiger partial charge in [-0.15, -0.1) is 0 Å². The summed E-state index contributed by atoms with van der Waals surface area (Å²) in [6, 6.07) is 13.6. The molecule has 0 aliphatic carbocycles. The van der Waals surface area contributed by atoms with Crippen LogP contribution in [0.25, 0.3) is 21.9 Å². The van der Waals surface area contributed by atoms with Crippen LogP contribution < -0.4 is 10.9 Å². The van der Waals surface area contributed by atoms with Gasteiger partial charge < -0.3 is 9.88 Å². The predicted molar refractivity (Wildman–Crippen MR) is 114 cm³/mol. The number of rotatable bonds is 5. The zero-order valence-electron chi connectivity index (χ0n) is 16.9. The number of alkyl halides is 2. The van der Waals surface area contributed by atoms with Crippen molar-refractivity contribution in [3.63, 3.8) is 0 Å². The summed E-state index contributed by atoms with van der Waals surface area (Å²) in [5, 5.41) is 9.75. The molecule has 6 nitrogen and oxygen atoms in total. The van der Waals surface area contributed by atoms with Crippen molar-refractivity contribution in [3.8, 4) is 11.1 Å². The van der Waals surface area contributed by atoms with Gasteiger partial charge >= 0.3 is 0 Å². The Kier molecular flexibility index (Phi) is 5.37. The van der Waals surface area contributed by atoms with E-state index in [2.05, 4.69) is 15.5 Å². The molecule has 0 saturated heterocycles. The Morgan fingerprint density at radius 3 is 2.71 bits per heavy atom. The van der Waals surface area contributed by atoms with Crippen molar-refractivity contribution < 1.29 is 13.6 Å². The quantitative estimate of drug-likeness (QED) is 0.503. The van der Waals surface area contributed by atoms with Gasteiger partial charge in [0.2, 0.25) is 0 Å². The Hall–Kier alpha value is -3.81. The number of hydrogen-bond acceptors (Lipinski definition) is 3. The maximum Gasteiger partial charge on any atom is 0.280 e. The van der Waals surface area contributed by atoms with E-state index in [1.807, 2.05) is 13.0 Å². The highest BCUT2D eigenvalue weighted by atomic mass is 19.3. The second-order valence-electron chi connectivity index (χ2n) is 7.21. The van der Waals surface area contributed by atoms with Gasteiger partial charge in [-0.3, -0.25) is 14.7 Å². The summed E-state index contributed by atoms with van der Waals surface area (Å²) in [4.78, 5) is 25.1. The SMILES string of the molecule is CNC(=O)c1cccc(C(C)n2ccc3cc(-c4cn[nH]c4C(F)F)ccc3c2=O)c1.